The van der Waals surface area contributed by atoms with Crippen LogP contribution in [0.1, 0.15) is 18.9 Å². The molecule has 0 saturated heterocycles. The SMILES string of the molecule is CCCc1cnc2ccccc2c1.N. The van der Waals surface area contributed by atoms with Crippen LogP contribution >= 0.6 is 0 Å². The smallest absolute Gasteiger partial charge is 0.0702 e. The zero-order chi connectivity index (χ0) is 9.10. The summed E-state index contributed by atoms with van der Waals surface area (Å²) in [6, 6.07) is 10.5. The molecule has 0 fully saturated rings. The summed E-state index contributed by atoms with van der Waals surface area (Å²) in [7, 11) is 0. The van der Waals surface area contributed by atoms with Crippen LogP contribution in [0.15, 0.2) is 36.5 Å². The number of fused-ring (bicyclic) bond motifs is 1. The fourth-order valence-corrected chi connectivity index (χ4v) is 1.54. The predicted molar refractivity (Wildman–Crippen MR) is 60.8 cm³/mol. The van der Waals surface area contributed by atoms with E-state index in [0.29, 0.717) is 0 Å². The lowest BCUT2D eigenvalue weighted by Crippen LogP contribution is -1.85. The van der Waals surface area contributed by atoms with Crippen LogP contribution in [0.3, 0.4) is 0 Å². The molecular weight excluding hydrogens is 172 g/mol. The van der Waals surface area contributed by atoms with Crippen molar-refractivity contribution < 1.29 is 0 Å². The molecule has 0 aliphatic carbocycles. The Morgan fingerprint density at radius 2 is 2.00 bits per heavy atom. The summed E-state index contributed by atoms with van der Waals surface area (Å²) in [5, 5.41) is 1.24. The summed E-state index contributed by atoms with van der Waals surface area (Å²) in [5.41, 5.74) is 2.42. The molecule has 0 unspecified atom stereocenters. The van der Waals surface area contributed by atoms with Gasteiger partial charge in [-0.05, 0) is 24.1 Å². The van der Waals surface area contributed by atoms with E-state index in [1.807, 2.05) is 18.3 Å². The fourth-order valence-electron chi connectivity index (χ4n) is 1.54. The van der Waals surface area contributed by atoms with Crippen LogP contribution in [0.4, 0.5) is 0 Å². The lowest BCUT2D eigenvalue weighted by molar-refractivity contribution is 0.917. The standard InChI is InChI=1S/C12H13N.H3N/c1-2-5-10-8-11-6-3-4-7-12(11)13-9-10;/h3-4,6-9H,2,5H2,1H3;1H3. The van der Waals surface area contributed by atoms with Crippen molar-refractivity contribution in [3.05, 3.63) is 42.1 Å². The normalized spacial score (nSPS) is 9.79. The minimum absolute atomic E-state index is 0. The minimum atomic E-state index is 0. The number of nitrogens with zero attached hydrogens (tertiary/aromatic N) is 1. The first-order valence-electron chi connectivity index (χ1n) is 4.74. The molecule has 2 aromatic rings. The van der Waals surface area contributed by atoms with E-state index in [2.05, 4.69) is 30.1 Å². The molecule has 0 amide bonds. The van der Waals surface area contributed by atoms with E-state index in [1.54, 1.807) is 0 Å². The van der Waals surface area contributed by atoms with Crippen LogP contribution in [-0.4, -0.2) is 4.98 Å². The number of hydrogen-bond donors (Lipinski definition) is 1. The number of benzene rings is 1. The molecule has 1 aromatic carbocycles. The molecule has 2 heteroatoms. The average Bonchev–Trinajstić information content (AvgIpc) is 2.18. The Hall–Kier alpha value is -1.41. The molecule has 2 nitrogen and oxygen atoms in total. The molecule has 3 N–H and O–H groups in total. The Kier molecular flexibility index (Phi) is 3.60. The zero-order valence-corrected chi connectivity index (χ0v) is 8.53. The van der Waals surface area contributed by atoms with Crippen LogP contribution in [0.5, 0.6) is 0 Å². The summed E-state index contributed by atoms with van der Waals surface area (Å²) < 4.78 is 0. The zero-order valence-electron chi connectivity index (χ0n) is 8.53. The van der Waals surface area contributed by atoms with Crippen molar-refractivity contribution >= 4 is 10.9 Å². The van der Waals surface area contributed by atoms with E-state index in [4.69, 9.17) is 0 Å². The maximum atomic E-state index is 4.40. The highest BCUT2D eigenvalue weighted by atomic mass is 14.6. The van der Waals surface area contributed by atoms with E-state index in [-0.39, 0.29) is 6.15 Å². The van der Waals surface area contributed by atoms with Gasteiger partial charge in [-0.2, -0.15) is 0 Å². The van der Waals surface area contributed by atoms with Gasteiger partial charge in [-0.25, -0.2) is 0 Å². The Bertz CT molecular complexity index is 410. The van der Waals surface area contributed by atoms with Gasteiger partial charge in [0.05, 0.1) is 5.52 Å². The van der Waals surface area contributed by atoms with Gasteiger partial charge in [0.2, 0.25) is 0 Å². The highest BCUT2D eigenvalue weighted by Crippen LogP contribution is 2.13. The first kappa shape index (κ1) is 10.7. The van der Waals surface area contributed by atoms with Crippen LogP contribution in [0.2, 0.25) is 0 Å². The molecule has 0 aliphatic heterocycles. The largest absolute Gasteiger partial charge is 0.344 e. The van der Waals surface area contributed by atoms with Gasteiger partial charge >= 0.3 is 0 Å². The number of pyridine rings is 1. The number of aromatic nitrogens is 1. The number of para-hydroxylation sites is 1. The average molecular weight is 188 g/mol. The molecule has 1 aromatic heterocycles. The second-order valence-corrected chi connectivity index (χ2v) is 3.29. The lowest BCUT2D eigenvalue weighted by Gasteiger charge is -2.00. The van der Waals surface area contributed by atoms with Gasteiger partial charge in [-0.3, -0.25) is 4.98 Å². The second-order valence-electron chi connectivity index (χ2n) is 3.29. The number of aryl methyl sites for hydroxylation is 1. The van der Waals surface area contributed by atoms with Gasteiger partial charge in [0.15, 0.2) is 0 Å². The Labute approximate surface area is 84.6 Å². The van der Waals surface area contributed by atoms with E-state index in [1.165, 1.54) is 17.4 Å². The Morgan fingerprint density at radius 3 is 2.79 bits per heavy atom. The van der Waals surface area contributed by atoms with Crippen molar-refractivity contribution in [2.75, 3.05) is 0 Å². The third kappa shape index (κ3) is 2.09. The molecule has 14 heavy (non-hydrogen) atoms. The summed E-state index contributed by atoms with van der Waals surface area (Å²) in [4.78, 5) is 4.40. The van der Waals surface area contributed by atoms with E-state index in [0.717, 1.165) is 11.9 Å². The molecule has 0 radical (unpaired) electrons. The molecule has 74 valence electrons. The van der Waals surface area contributed by atoms with E-state index >= 15 is 0 Å². The number of hydrogen-bond acceptors (Lipinski definition) is 2. The van der Waals surface area contributed by atoms with Gasteiger partial charge in [0, 0.05) is 11.6 Å². The first-order valence-corrected chi connectivity index (χ1v) is 4.74. The van der Waals surface area contributed by atoms with Gasteiger partial charge < -0.3 is 6.15 Å². The van der Waals surface area contributed by atoms with Gasteiger partial charge in [-0.15, -0.1) is 0 Å². The van der Waals surface area contributed by atoms with Crippen LogP contribution in [0.25, 0.3) is 10.9 Å². The molecule has 0 bridgehead atoms. The summed E-state index contributed by atoms with van der Waals surface area (Å²) in [5.74, 6) is 0. The Morgan fingerprint density at radius 1 is 1.21 bits per heavy atom. The molecular formula is C12H16N2. The lowest BCUT2D eigenvalue weighted by atomic mass is 10.1. The highest BCUT2D eigenvalue weighted by Gasteiger charge is 1.95. The van der Waals surface area contributed by atoms with E-state index in [9.17, 15) is 0 Å². The van der Waals surface area contributed by atoms with Crippen LogP contribution in [0, 0.1) is 0 Å². The highest BCUT2D eigenvalue weighted by molar-refractivity contribution is 5.78. The van der Waals surface area contributed by atoms with Crippen molar-refractivity contribution in [3.8, 4) is 0 Å². The van der Waals surface area contributed by atoms with Crippen molar-refractivity contribution in [3.63, 3.8) is 0 Å². The molecule has 0 spiro atoms. The van der Waals surface area contributed by atoms with Gasteiger partial charge in [0.25, 0.3) is 0 Å². The fraction of sp³-hybridized carbons (Fsp3) is 0.250. The molecule has 2 rings (SSSR count). The van der Waals surface area contributed by atoms with Crippen molar-refractivity contribution in [1.82, 2.24) is 11.1 Å². The third-order valence-corrected chi connectivity index (χ3v) is 2.19. The third-order valence-electron chi connectivity index (χ3n) is 2.19. The van der Waals surface area contributed by atoms with Gasteiger partial charge in [-0.1, -0.05) is 31.5 Å². The van der Waals surface area contributed by atoms with Crippen molar-refractivity contribution in [2.24, 2.45) is 0 Å². The first-order chi connectivity index (χ1) is 6.40. The van der Waals surface area contributed by atoms with Crippen molar-refractivity contribution in [1.29, 1.82) is 0 Å². The summed E-state index contributed by atoms with van der Waals surface area (Å²) in [6.45, 7) is 2.19. The minimum Gasteiger partial charge on any atom is -0.344 e. The van der Waals surface area contributed by atoms with Gasteiger partial charge in [0.1, 0.15) is 0 Å². The van der Waals surface area contributed by atoms with Crippen LogP contribution < -0.4 is 6.15 Å². The summed E-state index contributed by atoms with van der Waals surface area (Å²) >= 11 is 0. The van der Waals surface area contributed by atoms with Crippen molar-refractivity contribution in [2.45, 2.75) is 19.8 Å². The number of rotatable bonds is 2. The Balaban J connectivity index is 0.000000980. The molecule has 1 heterocycles. The molecule has 0 aliphatic rings. The molecule has 0 atom stereocenters. The second kappa shape index (κ2) is 4.72. The quantitative estimate of drug-likeness (QED) is 0.785. The monoisotopic (exact) mass is 188 g/mol. The maximum Gasteiger partial charge on any atom is 0.0702 e. The predicted octanol–water partition coefficient (Wildman–Crippen LogP) is 3.35. The topological polar surface area (TPSA) is 47.9 Å². The summed E-state index contributed by atoms with van der Waals surface area (Å²) in [6.07, 6.45) is 4.28. The van der Waals surface area contributed by atoms with Crippen LogP contribution in [-0.2, 0) is 6.42 Å². The molecule has 0 saturated carbocycles. The maximum absolute atomic E-state index is 4.40. The van der Waals surface area contributed by atoms with E-state index < -0.39 is 0 Å².